The Bertz CT molecular complexity index is 226. The van der Waals surface area contributed by atoms with Gasteiger partial charge in [0.15, 0.2) is 6.10 Å². The van der Waals surface area contributed by atoms with Crippen molar-refractivity contribution in [1.29, 1.82) is 0 Å². The Kier molecular flexibility index (Phi) is 3.59. The fourth-order valence-electron chi connectivity index (χ4n) is 2.53. The first-order chi connectivity index (χ1) is 7.31. The van der Waals surface area contributed by atoms with E-state index in [9.17, 15) is 4.79 Å². The standard InChI is InChI=1S/C11H19NO3/c1-14-11(13)10-3-2-9(15-10)8-4-6-12-7-5-8/h8-10,12H,2-7H2,1H3/t9-,10+/m1/s1. The van der Waals surface area contributed by atoms with Crippen LogP contribution in [0.1, 0.15) is 25.7 Å². The lowest BCUT2D eigenvalue weighted by molar-refractivity contribution is -0.154. The van der Waals surface area contributed by atoms with Gasteiger partial charge in [0.05, 0.1) is 13.2 Å². The lowest BCUT2D eigenvalue weighted by Gasteiger charge is -2.27. The van der Waals surface area contributed by atoms with Gasteiger partial charge in [0.1, 0.15) is 0 Å². The van der Waals surface area contributed by atoms with E-state index in [2.05, 4.69) is 5.32 Å². The summed E-state index contributed by atoms with van der Waals surface area (Å²) in [5.41, 5.74) is 0. The number of piperidine rings is 1. The summed E-state index contributed by atoms with van der Waals surface area (Å²) in [5.74, 6) is 0.410. The van der Waals surface area contributed by atoms with Crippen LogP contribution in [-0.2, 0) is 14.3 Å². The van der Waals surface area contributed by atoms with E-state index in [-0.39, 0.29) is 18.2 Å². The normalized spacial score (nSPS) is 32.9. The molecule has 4 nitrogen and oxygen atoms in total. The van der Waals surface area contributed by atoms with E-state index < -0.39 is 0 Å². The molecule has 86 valence electrons. The molecule has 0 radical (unpaired) electrons. The number of hydrogen-bond donors (Lipinski definition) is 1. The average molecular weight is 213 g/mol. The first-order valence-corrected chi connectivity index (χ1v) is 5.75. The van der Waals surface area contributed by atoms with Crippen LogP contribution in [0.4, 0.5) is 0 Å². The number of nitrogens with one attached hydrogen (secondary N) is 1. The fraction of sp³-hybridized carbons (Fsp3) is 0.909. The summed E-state index contributed by atoms with van der Waals surface area (Å²) >= 11 is 0. The number of hydrogen-bond acceptors (Lipinski definition) is 4. The van der Waals surface area contributed by atoms with Crippen LogP contribution in [0.2, 0.25) is 0 Å². The Hall–Kier alpha value is -0.610. The molecule has 2 aliphatic rings. The lowest BCUT2D eigenvalue weighted by atomic mass is 9.91. The molecular formula is C11H19NO3. The predicted octanol–water partition coefficient (Wildman–Crippen LogP) is 0.707. The zero-order valence-electron chi connectivity index (χ0n) is 9.20. The first-order valence-electron chi connectivity index (χ1n) is 5.75. The molecule has 0 aromatic carbocycles. The van der Waals surface area contributed by atoms with Crippen molar-refractivity contribution in [1.82, 2.24) is 5.32 Å². The maximum absolute atomic E-state index is 11.3. The molecule has 4 heteroatoms. The molecular weight excluding hydrogens is 194 g/mol. The summed E-state index contributed by atoms with van der Waals surface area (Å²) in [6.07, 6.45) is 4.12. The predicted molar refractivity (Wildman–Crippen MR) is 55.5 cm³/mol. The number of carbonyl (C=O) groups excluding carboxylic acids is 1. The molecule has 1 N–H and O–H groups in total. The number of rotatable bonds is 2. The van der Waals surface area contributed by atoms with Crippen LogP contribution in [0.5, 0.6) is 0 Å². The van der Waals surface area contributed by atoms with Gasteiger partial charge >= 0.3 is 5.97 Å². The second-order valence-electron chi connectivity index (χ2n) is 4.35. The third-order valence-electron chi connectivity index (χ3n) is 3.43. The Morgan fingerprint density at radius 2 is 2.00 bits per heavy atom. The van der Waals surface area contributed by atoms with Crippen LogP contribution in [0.15, 0.2) is 0 Å². The van der Waals surface area contributed by atoms with Crippen molar-refractivity contribution in [3.8, 4) is 0 Å². The largest absolute Gasteiger partial charge is 0.467 e. The fourth-order valence-corrected chi connectivity index (χ4v) is 2.53. The maximum Gasteiger partial charge on any atom is 0.334 e. The minimum atomic E-state index is -0.310. The van der Waals surface area contributed by atoms with Gasteiger partial charge in [-0.25, -0.2) is 4.79 Å². The van der Waals surface area contributed by atoms with Gasteiger partial charge in [-0.05, 0) is 44.7 Å². The van der Waals surface area contributed by atoms with Gasteiger partial charge in [-0.15, -0.1) is 0 Å². The summed E-state index contributed by atoms with van der Waals surface area (Å²) in [5, 5.41) is 3.34. The van der Waals surface area contributed by atoms with Crippen LogP contribution in [0, 0.1) is 5.92 Å². The third kappa shape index (κ3) is 2.49. The van der Waals surface area contributed by atoms with E-state index in [1.54, 1.807) is 0 Å². The second kappa shape index (κ2) is 4.94. The highest BCUT2D eigenvalue weighted by atomic mass is 16.6. The number of esters is 1. The molecule has 2 rings (SSSR count). The lowest BCUT2D eigenvalue weighted by Crippen LogP contribution is -2.34. The van der Waals surface area contributed by atoms with Crippen LogP contribution < -0.4 is 5.32 Å². The van der Waals surface area contributed by atoms with E-state index in [0.29, 0.717) is 5.92 Å². The molecule has 0 spiro atoms. The minimum Gasteiger partial charge on any atom is -0.467 e. The Labute approximate surface area is 90.3 Å². The van der Waals surface area contributed by atoms with Gasteiger partial charge in [-0.1, -0.05) is 0 Å². The molecule has 0 aliphatic carbocycles. The summed E-state index contributed by atoms with van der Waals surface area (Å²) in [4.78, 5) is 11.3. The molecule has 2 heterocycles. The monoisotopic (exact) mass is 213 g/mol. The number of ether oxygens (including phenoxy) is 2. The zero-order valence-corrected chi connectivity index (χ0v) is 9.20. The van der Waals surface area contributed by atoms with E-state index in [4.69, 9.17) is 9.47 Å². The molecule has 0 saturated carbocycles. The molecule has 2 fully saturated rings. The van der Waals surface area contributed by atoms with Crippen molar-refractivity contribution in [3.63, 3.8) is 0 Å². The van der Waals surface area contributed by atoms with E-state index in [1.807, 2.05) is 0 Å². The molecule has 0 bridgehead atoms. The summed E-state index contributed by atoms with van der Waals surface area (Å²) in [6.45, 7) is 2.15. The van der Waals surface area contributed by atoms with Gasteiger partial charge < -0.3 is 14.8 Å². The zero-order chi connectivity index (χ0) is 10.7. The molecule has 0 aromatic rings. The van der Waals surface area contributed by atoms with Crippen LogP contribution in [0.25, 0.3) is 0 Å². The van der Waals surface area contributed by atoms with Crippen molar-refractivity contribution in [2.75, 3.05) is 20.2 Å². The number of carbonyl (C=O) groups is 1. The van der Waals surface area contributed by atoms with Crippen molar-refractivity contribution in [2.45, 2.75) is 37.9 Å². The minimum absolute atomic E-state index is 0.216. The van der Waals surface area contributed by atoms with E-state index in [0.717, 1.165) is 25.9 Å². The topological polar surface area (TPSA) is 47.6 Å². The maximum atomic E-state index is 11.3. The van der Waals surface area contributed by atoms with Crippen LogP contribution in [-0.4, -0.2) is 38.4 Å². The quantitative estimate of drug-likeness (QED) is 0.686. The SMILES string of the molecule is COC(=O)[C@@H]1CC[C@H](C2CCNCC2)O1. The summed E-state index contributed by atoms with van der Waals surface area (Å²) in [6, 6.07) is 0. The van der Waals surface area contributed by atoms with Crippen molar-refractivity contribution in [3.05, 3.63) is 0 Å². The molecule has 0 unspecified atom stereocenters. The highest BCUT2D eigenvalue weighted by Crippen LogP contribution is 2.30. The van der Waals surface area contributed by atoms with Crippen LogP contribution in [0.3, 0.4) is 0 Å². The Morgan fingerprint density at radius 1 is 1.27 bits per heavy atom. The Morgan fingerprint density at radius 3 is 2.67 bits per heavy atom. The van der Waals surface area contributed by atoms with Gasteiger partial charge in [0.2, 0.25) is 0 Å². The van der Waals surface area contributed by atoms with Crippen molar-refractivity contribution >= 4 is 5.97 Å². The van der Waals surface area contributed by atoms with Gasteiger partial charge in [0.25, 0.3) is 0 Å². The molecule has 2 aliphatic heterocycles. The second-order valence-corrected chi connectivity index (χ2v) is 4.35. The smallest absolute Gasteiger partial charge is 0.334 e. The molecule has 2 saturated heterocycles. The van der Waals surface area contributed by atoms with E-state index >= 15 is 0 Å². The van der Waals surface area contributed by atoms with Crippen LogP contribution >= 0.6 is 0 Å². The molecule has 15 heavy (non-hydrogen) atoms. The van der Waals surface area contributed by atoms with E-state index in [1.165, 1.54) is 20.0 Å². The first kappa shape index (κ1) is 10.9. The molecule has 2 atom stereocenters. The van der Waals surface area contributed by atoms with Gasteiger partial charge in [0, 0.05) is 0 Å². The highest BCUT2D eigenvalue weighted by molar-refractivity contribution is 5.74. The third-order valence-corrected chi connectivity index (χ3v) is 3.43. The number of methoxy groups -OCH3 is 1. The summed E-state index contributed by atoms with van der Waals surface area (Å²) < 4.78 is 10.4. The Balaban J connectivity index is 1.83. The van der Waals surface area contributed by atoms with Gasteiger partial charge in [-0.3, -0.25) is 0 Å². The highest BCUT2D eigenvalue weighted by Gasteiger charge is 2.35. The van der Waals surface area contributed by atoms with Gasteiger partial charge in [-0.2, -0.15) is 0 Å². The van der Waals surface area contributed by atoms with Crippen molar-refractivity contribution < 1.29 is 14.3 Å². The average Bonchev–Trinajstić information content (AvgIpc) is 2.78. The van der Waals surface area contributed by atoms with Crippen molar-refractivity contribution in [2.24, 2.45) is 5.92 Å². The summed E-state index contributed by atoms with van der Waals surface area (Å²) in [7, 11) is 1.42. The molecule has 0 aromatic heterocycles. The molecule has 0 amide bonds.